The summed E-state index contributed by atoms with van der Waals surface area (Å²) in [7, 11) is 1.64. The number of hydrogen-bond donors (Lipinski definition) is 1. The van der Waals surface area contributed by atoms with Crippen molar-refractivity contribution in [3.05, 3.63) is 40.1 Å². The van der Waals surface area contributed by atoms with E-state index < -0.39 is 0 Å². The summed E-state index contributed by atoms with van der Waals surface area (Å²) in [5, 5.41) is 11.6. The first-order chi connectivity index (χ1) is 12.9. The molecule has 0 aromatic carbocycles. The molecule has 0 saturated carbocycles. The number of aryl methyl sites for hydroxylation is 2. The third-order valence-corrected chi connectivity index (χ3v) is 5.08. The van der Waals surface area contributed by atoms with Gasteiger partial charge in [0.25, 0.3) is 11.5 Å². The van der Waals surface area contributed by atoms with E-state index in [9.17, 15) is 9.59 Å². The number of anilines is 1. The lowest BCUT2D eigenvalue weighted by Crippen LogP contribution is -2.32. The summed E-state index contributed by atoms with van der Waals surface area (Å²) < 4.78 is 3.08. The Bertz CT molecular complexity index is 869. The fraction of sp³-hybridized carbons (Fsp3) is 0.579. The molecule has 27 heavy (non-hydrogen) atoms. The number of rotatable bonds is 6. The van der Waals surface area contributed by atoms with Crippen LogP contribution in [0.25, 0.3) is 0 Å². The number of carbonyl (C=O) groups excluding carboxylic acids is 1. The first-order valence-corrected chi connectivity index (χ1v) is 9.53. The largest absolute Gasteiger partial charge is 0.370 e. The summed E-state index contributed by atoms with van der Waals surface area (Å²) in [6.07, 6.45) is 2.69. The molecule has 2 aromatic rings. The standard InChI is InChI=1S/C19H28N6O2/c1-5-25-17(9-16(22-25)13(2)3)19(27)20-10-14-6-7-24(12-14)15-8-18(26)23(4)21-11-15/h8-9,11,13-14H,5-7,10,12H2,1-4H3,(H,20,27)/t14-/m0/s1. The van der Waals surface area contributed by atoms with Gasteiger partial charge in [0.05, 0.1) is 17.6 Å². The quantitative estimate of drug-likeness (QED) is 0.828. The smallest absolute Gasteiger partial charge is 0.269 e. The Morgan fingerprint density at radius 1 is 1.37 bits per heavy atom. The number of hydrogen-bond acceptors (Lipinski definition) is 5. The zero-order valence-electron chi connectivity index (χ0n) is 16.5. The van der Waals surface area contributed by atoms with Crippen molar-refractivity contribution in [2.75, 3.05) is 24.5 Å². The highest BCUT2D eigenvalue weighted by Gasteiger charge is 2.24. The molecule has 8 heteroatoms. The average Bonchev–Trinajstić information content (AvgIpc) is 3.29. The number of nitrogens with zero attached hydrogens (tertiary/aromatic N) is 5. The highest BCUT2D eigenvalue weighted by atomic mass is 16.2. The van der Waals surface area contributed by atoms with Crippen LogP contribution in [0.15, 0.2) is 23.1 Å². The maximum absolute atomic E-state index is 12.6. The molecule has 1 fully saturated rings. The van der Waals surface area contributed by atoms with Gasteiger partial charge in [-0.2, -0.15) is 10.2 Å². The van der Waals surface area contributed by atoms with Gasteiger partial charge in [0, 0.05) is 39.3 Å². The predicted molar refractivity (Wildman–Crippen MR) is 104 cm³/mol. The number of carbonyl (C=O) groups is 1. The van der Waals surface area contributed by atoms with Crippen LogP contribution in [-0.4, -0.2) is 45.1 Å². The van der Waals surface area contributed by atoms with Crippen LogP contribution in [0.1, 0.15) is 49.3 Å². The van der Waals surface area contributed by atoms with Crippen molar-refractivity contribution in [2.45, 2.75) is 39.7 Å². The minimum atomic E-state index is -0.113. The number of nitrogens with one attached hydrogen (secondary N) is 1. The van der Waals surface area contributed by atoms with Crippen LogP contribution in [0.4, 0.5) is 5.69 Å². The fourth-order valence-corrected chi connectivity index (χ4v) is 3.34. The van der Waals surface area contributed by atoms with Crippen molar-refractivity contribution in [3.63, 3.8) is 0 Å². The molecule has 1 aliphatic heterocycles. The van der Waals surface area contributed by atoms with Crippen LogP contribution in [0, 0.1) is 5.92 Å². The highest BCUT2D eigenvalue weighted by molar-refractivity contribution is 5.92. The summed E-state index contributed by atoms with van der Waals surface area (Å²) >= 11 is 0. The van der Waals surface area contributed by atoms with Gasteiger partial charge >= 0.3 is 0 Å². The van der Waals surface area contributed by atoms with Gasteiger partial charge in [-0.3, -0.25) is 14.3 Å². The van der Waals surface area contributed by atoms with E-state index in [0.29, 0.717) is 30.6 Å². The second kappa shape index (κ2) is 7.94. The molecule has 2 aromatic heterocycles. The van der Waals surface area contributed by atoms with E-state index in [1.54, 1.807) is 24.0 Å². The molecular formula is C19H28N6O2. The van der Waals surface area contributed by atoms with Crippen LogP contribution >= 0.6 is 0 Å². The molecule has 1 saturated heterocycles. The molecule has 1 atom stereocenters. The lowest BCUT2D eigenvalue weighted by atomic mass is 10.1. The minimum Gasteiger partial charge on any atom is -0.370 e. The third kappa shape index (κ3) is 4.20. The normalized spacial score (nSPS) is 16.9. The maximum atomic E-state index is 12.6. The Hall–Kier alpha value is -2.64. The molecule has 1 amide bonds. The van der Waals surface area contributed by atoms with Gasteiger partial charge in [-0.15, -0.1) is 0 Å². The van der Waals surface area contributed by atoms with E-state index in [0.717, 1.165) is 30.9 Å². The zero-order chi connectivity index (χ0) is 19.6. The van der Waals surface area contributed by atoms with Gasteiger partial charge in [-0.1, -0.05) is 13.8 Å². The Labute approximate surface area is 159 Å². The molecule has 0 radical (unpaired) electrons. The van der Waals surface area contributed by atoms with E-state index in [1.807, 2.05) is 13.0 Å². The Morgan fingerprint density at radius 2 is 2.15 bits per heavy atom. The summed E-state index contributed by atoms with van der Waals surface area (Å²) in [6, 6.07) is 3.50. The summed E-state index contributed by atoms with van der Waals surface area (Å²) in [5.41, 5.74) is 2.29. The topological polar surface area (TPSA) is 85.1 Å². The molecule has 1 aliphatic rings. The van der Waals surface area contributed by atoms with Crippen LogP contribution in [0.3, 0.4) is 0 Å². The first-order valence-electron chi connectivity index (χ1n) is 9.53. The van der Waals surface area contributed by atoms with E-state index in [1.165, 1.54) is 4.68 Å². The van der Waals surface area contributed by atoms with Gasteiger partial charge in [0.2, 0.25) is 0 Å². The van der Waals surface area contributed by atoms with Crippen LogP contribution in [-0.2, 0) is 13.6 Å². The second-order valence-electron chi connectivity index (χ2n) is 7.41. The third-order valence-electron chi connectivity index (χ3n) is 5.08. The Kier molecular flexibility index (Phi) is 5.62. The van der Waals surface area contributed by atoms with Crippen LogP contribution < -0.4 is 15.8 Å². The van der Waals surface area contributed by atoms with E-state index in [4.69, 9.17) is 0 Å². The average molecular weight is 372 g/mol. The van der Waals surface area contributed by atoms with Crippen molar-refractivity contribution in [2.24, 2.45) is 13.0 Å². The molecule has 1 N–H and O–H groups in total. The highest BCUT2D eigenvalue weighted by Crippen LogP contribution is 2.22. The summed E-state index contributed by atoms with van der Waals surface area (Å²) in [4.78, 5) is 26.5. The lowest BCUT2D eigenvalue weighted by molar-refractivity contribution is 0.0937. The van der Waals surface area contributed by atoms with E-state index >= 15 is 0 Å². The number of aromatic nitrogens is 4. The lowest BCUT2D eigenvalue weighted by Gasteiger charge is -2.18. The van der Waals surface area contributed by atoms with Crippen molar-refractivity contribution in [1.82, 2.24) is 24.9 Å². The molecule has 8 nitrogen and oxygen atoms in total. The Balaban J connectivity index is 1.58. The van der Waals surface area contributed by atoms with Crippen molar-refractivity contribution >= 4 is 11.6 Å². The van der Waals surface area contributed by atoms with E-state index in [2.05, 4.69) is 34.3 Å². The first kappa shape index (κ1) is 19.1. The van der Waals surface area contributed by atoms with Crippen molar-refractivity contribution in [1.29, 1.82) is 0 Å². The minimum absolute atomic E-state index is 0.0788. The van der Waals surface area contributed by atoms with Gasteiger partial charge in [0.1, 0.15) is 5.69 Å². The van der Waals surface area contributed by atoms with Gasteiger partial charge in [0.15, 0.2) is 0 Å². The predicted octanol–water partition coefficient (Wildman–Crippen LogP) is 1.38. The van der Waals surface area contributed by atoms with Crippen LogP contribution in [0.2, 0.25) is 0 Å². The summed E-state index contributed by atoms with van der Waals surface area (Å²) in [5.74, 6) is 0.561. The molecule has 0 spiro atoms. The van der Waals surface area contributed by atoms with Gasteiger partial charge < -0.3 is 10.2 Å². The van der Waals surface area contributed by atoms with Crippen molar-refractivity contribution in [3.8, 4) is 0 Å². The number of amides is 1. The summed E-state index contributed by atoms with van der Waals surface area (Å²) in [6.45, 7) is 9.08. The fourth-order valence-electron chi connectivity index (χ4n) is 3.34. The maximum Gasteiger partial charge on any atom is 0.269 e. The molecule has 0 aliphatic carbocycles. The van der Waals surface area contributed by atoms with Crippen LogP contribution in [0.5, 0.6) is 0 Å². The van der Waals surface area contributed by atoms with Gasteiger partial charge in [-0.25, -0.2) is 4.68 Å². The monoisotopic (exact) mass is 372 g/mol. The molecule has 3 heterocycles. The van der Waals surface area contributed by atoms with Gasteiger partial charge in [-0.05, 0) is 31.2 Å². The molecular weight excluding hydrogens is 344 g/mol. The molecule has 146 valence electrons. The van der Waals surface area contributed by atoms with Crippen molar-refractivity contribution < 1.29 is 4.79 Å². The molecule has 3 rings (SSSR count). The molecule has 0 unspecified atom stereocenters. The zero-order valence-corrected chi connectivity index (χ0v) is 16.5. The van der Waals surface area contributed by atoms with E-state index in [-0.39, 0.29) is 11.5 Å². The Morgan fingerprint density at radius 3 is 2.81 bits per heavy atom. The molecule has 0 bridgehead atoms. The second-order valence-corrected chi connectivity index (χ2v) is 7.41. The SMILES string of the molecule is CCn1nc(C(C)C)cc1C(=O)NC[C@@H]1CCN(c2cnn(C)c(=O)c2)C1.